The first-order valence-electron chi connectivity index (χ1n) is 19.5. The molecule has 2 aromatic heterocycles. The van der Waals surface area contributed by atoms with Gasteiger partial charge in [-0.15, -0.1) is 6.42 Å². The normalized spacial score (nSPS) is 25.6. The Kier molecular flexibility index (Phi) is 9.23. The minimum Gasteiger partial charge on any atom is -0.508 e. The van der Waals surface area contributed by atoms with E-state index in [1.807, 2.05) is 4.90 Å². The van der Waals surface area contributed by atoms with Crippen molar-refractivity contribution in [3.8, 4) is 41.2 Å². The molecule has 0 amide bonds. The molecule has 3 saturated heterocycles. The van der Waals surface area contributed by atoms with Crippen molar-refractivity contribution < 1.29 is 32.8 Å². The van der Waals surface area contributed by atoms with Crippen LogP contribution in [0.4, 0.5) is 14.6 Å². The Morgan fingerprint density at radius 1 is 0.963 bits per heavy atom. The first-order chi connectivity index (χ1) is 26.3. The van der Waals surface area contributed by atoms with Crippen LogP contribution in [0.3, 0.4) is 0 Å². The summed E-state index contributed by atoms with van der Waals surface area (Å²) in [7, 11) is 1.46. The van der Waals surface area contributed by atoms with E-state index >= 15 is 8.78 Å². The molecule has 3 atom stereocenters. The fraction of sp³-hybridized carbons (Fsp3) is 0.548. The first-order valence-corrected chi connectivity index (χ1v) is 19.5. The second kappa shape index (κ2) is 14.1. The van der Waals surface area contributed by atoms with Gasteiger partial charge < -0.3 is 29.0 Å². The van der Waals surface area contributed by atoms with Crippen LogP contribution in [0.15, 0.2) is 24.3 Å². The van der Waals surface area contributed by atoms with E-state index in [2.05, 4.69) is 15.8 Å². The van der Waals surface area contributed by atoms with Crippen LogP contribution < -0.4 is 14.4 Å². The maximum atomic E-state index is 17.3. The number of likely N-dealkylation sites (tertiary alicyclic amines) is 1. The second-order valence-electron chi connectivity index (χ2n) is 16.1. The van der Waals surface area contributed by atoms with Gasteiger partial charge in [0.2, 0.25) is 5.88 Å². The molecular weight excluding hydrogens is 692 g/mol. The molecule has 4 aromatic rings. The molecule has 10 nitrogen and oxygen atoms in total. The van der Waals surface area contributed by atoms with Crippen molar-refractivity contribution in [1.82, 2.24) is 19.9 Å². The standard InChI is InChI=1S/C42H47F2N5O5/c1-3-29-31(43)11-10-26-20-28(50)21-30(33(26)29)36-35(44)37-34(39(45-36)51-2)38(48-15-7-18-52-19-17-48)47-40(46-37)54-25-42-13-5-9-32(42)49(16-6-14-42)27-8-4-12-41(22-27)23-53-24-41/h1,10-11,20-21,27,32,50H,4-9,12-19,22-25H2,2H3/t27?,32-,42-/m1/s1. The average molecular weight is 740 g/mol. The van der Waals surface area contributed by atoms with Crippen LogP contribution in [0.25, 0.3) is 32.9 Å². The highest BCUT2D eigenvalue weighted by atomic mass is 19.1. The van der Waals surface area contributed by atoms with Gasteiger partial charge in [-0.25, -0.2) is 13.8 Å². The number of pyridine rings is 1. The zero-order valence-corrected chi connectivity index (χ0v) is 30.8. The van der Waals surface area contributed by atoms with Crippen LogP contribution in [0.1, 0.15) is 69.8 Å². The summed E-state index contributed by atoms with van der Waals surface area (Å²) >= 11 is 0. The highest BCUT2D eigenvalue weighted by Gasteiger charge is 2.52. The molecular formula is C42H47F2N5O5. The number of aromatic nitrogens is 3. The third-order valence-corrected chi connectivity index (χ3v) is 12.9. The Morgan fingerprint density at radius 3 is 2.63 bits per heavy atom. The number of ether oxygens (including phenoxy) is 4. The number of phenolic OH excluding ortho intramolecular Hbond substituents is 1. The van der Waals surface area contributed by atoms with Gasteiger partial charge in [0.15, 0.2) is 5.82 Å². The summed E-state index contributed by atoms with van der Waals surface area (Å²) < 4.78 is 56.3. The van der Waals surface area contributed by atoms with E-state index in [9.17, 15) is 5.11 Å². The number of nitrogens with zero attached hydrogens (tertiary/aromatic N) is 5. The quantitative estimate of drug-likeness (QED) is 0.199. The Labute approximate surface area is 314 Å². The molecule has 1 unspecified atom stereocenters. The van der Waals surface area contributed by atoms with Crippen LogP contribution in [0.5, 0.6) is 17.6 Å². The number of fused-ring (bicyclic) bond motifs is 3. The SMILES string of the molecule is C#Cc1c(F)ccc2cc(O)cc(-c3nc(OC)c4c(N5CCCOCC5)nc(OC[C@]56CCC[C@H]5N(C5CCCC7(COC7)C5)CCC6)nc4c3F)c12. The summed E-state index contributed by atoms with van der Waals surface area (Å²) in [4.78, 5) is 19.2. The van der Waals surface area contributed by atoms with Crippen LogP contribution in [0.2, 0.25) is 0 Å². The van der Waals surface area contributed by atoms with E-state index in [-0.39, 0.29) is 50.8 Å². The van der Waals surface area contributed by atoms with Gasteiger partial charge in [-0.05, 0) is 81.5 Å². The molecule has 2 saturated carbocycles. The lowest BCUT2D eigenvalue weighted by Gasteiger charge is -2.54. The Balaban J connectivity index is 1.13. The molecule has 2 aromatic carbocycles. The van der Waals surface area contributed by atoms with E-state index < -0.39 is 11.6 Å². The number of piperidine rings is 1. The molecule has 9 rings (SSSR count). The van der Waals surface area contributed by atoms with Gasteiger partial charge in [-0.2, -0.15) is 9.97 Å². The monoisotopic (exact) mass is 739 g/mol. The lowest BCUT2D eigenvalue weighted by molar-refractivity contribution is -0.151. The smallest absolute Gasteiger partial charge is 0.319 e. The molecule has 5 aliphatic rings. The van der Waals surface area contributed by atoms with Gasteiger partial charge in [0.25, 0.3) is 0 Å². The zero-order chi connectivity index (χ0) is 37.0. The molecule has 54 heavy (non-hydrogen) atoms. The zero-order valence-electron chi connectivity index (χ0n) is 30.8. The topological polar surface area (TPSA) is 102 Å². The van der Waals surface area contributed by atoms with E-state index in [1.165, 1.54) is 57.1 Å². The number of hydrogen-bond acceptors (Lipinski definition) is 10. The summed E-state index contributed by atoms with van der Waals surface area (Å²) in [6, 6.07) is 6.57. The van der Waals surface area contributed by atoms with Gasteiger partial charge in [-0.3, -0.25) is 4.90 Å². The molecule has 2 aliphatic carbocycles. The predicted octanol–water partition coefficient (Wildman–Crippen LogP) is 7.02. The van der Waals surface area contributed by atoms with Gasteiger partial charge in [0.1, 0.15) is 34.0 Å². The average Bonchev–Trinajstić information content (AvgIpc) is 3.42. The van der Waals surface area contributed by atoms with Crippen molar-refractivity contribution in [2.45, 2.75) is 76.3 Å². The van der Waals surface area contributed by atoms with Crippen molar-refractivity contribution in [1.29, 1.82) is 0 Å². The molecule has 0 radical (unpaired) electrons. The summed E-state index contributed by atoms with van der Waals surface area (Å²) in [6.45, 7) is 5.55. The number of benzene rings is 2. The number of terminal acetylenes is 1. The maximum Gasteiger partial charge on any atom is 0.319 e. The van der Waals surface area contributed by atoms with Crippen LogP contribution in [0, 0.1) is 34.8 Å². The number of anilines is 1. The summed E-state index contributed by atoms with van der Waals surface area (Å²) in [5.41, 5.74) is 0.134. The van der Waals surface area contributed by atoms with Crippen molar-refractivity contribution in [3.05, 3.63) is 41.5 Å². The number of phenols is 1. The molecule has 5 fully saturated rings. The fourth-order valence-corrected chi connectivity index (χ4v) is 10.4. The first kappa shape index (κ1) is 35.4. The minimum atomic E-state index is -0.781. The van der Waals surface area contributed by atoms with E-state index in [4.69, 9.17) is 35.3 Å². The number of methoxy groups -OCH3 is 1. The number of rotatable bonds is 7. The molecule has 1 N–H and O–H groups in total. The second-order valence-corrected chi connectivity index (χ2v) is 16.1. The summed E-state index contributed by atoms with van der Waals surface area (Å²) in [5.74, 6) is 1.37. The number of aromatic hydroxyl groups is 1. The highest BCUT2D eigenvalue weighted by Crippen LogP contribution is 2.52. The van der Waals surface area contributed by atoms with E-state index in [0.29, 0.717) is 67.0 Å². The van der Waals surface area contributed by atoms with Gasteiger partial charge in [0, 0.05) is 53.6 Å². The third kappa shape index (κ3) is 5.99. The van der Waals surface area contributed by atoms with Gasteiger partial charge >= 0.3 is 6.01 Å². The highest BCUT2D eigenvalue weighted by molar-refractivity contribution is 6.04. The molecule has 1 spiro atoms. The lowest BCUT2D eigenvalue weighted by atomic mass is 9.68. The lowest BCUT2D eigenvalue weighted by Crippen LogP contribution is -2.59. The molecule has 0 bridgehead atoms. The summed E-state index contributed by atoms with van der Waals surface area (Å²) in [5, 5.41) is 11.7. The Hall–Kier alpha value is -4.31. The Morgan fingerprint density at radius 2 is 1.81 bits per heavy atom. The largest absolute Gasteiger partial charge is 0.508 e. The minimum absolute atomic E-state index is 0.0434. The Bertz CT molecular complexity index is 2130. The fourth-order valence-electron chi connectivity index (χ4n) is 10.4. The molecule has 284 valence electrons. The van der Waals surface area contributed by atoms with Crippen LogP contribution in [-0.2, 0) is 9.47 Å². The molecule has 5 heterocycles. The predicted molar refractivity (Wildman–Crippen MR) is 201 cm³/mol. The number of halogens is 2. The maximum absolute atomic E-state index is 17.3. The molecule has 12 heteroatoms. The van der Waals surface area contributed by atoms with Crippen LogP contribution in [-0.4, -0.2) is 96.8 Å². The van der Waals surface area contributed by atoms with Gasteiger partial charge in [0.05, 0.1) is 39.1 Å². The van der Waals surface area contributed by atoms with E-state index in [1.54, 1.807) is 0 Å². The van der Waals surface area contributed by atoms with Crippen molar-refractivity contribution in [3.63, 3.8) is 0 Å². The van der Waals surface area contributed by atoms with Crippen molar-refractivity contribution in [2.75, 3.05) is 64.7 Å². The summed E-state index contributed by atoms with van der Waals surface area (Å²) in [6.07, 6.45) is 17.0. The van der Waals surface area contributed by atoms with Gasteiger partial charge in [-0.1, -0.05) is 24.8 Å². The molecule has 3 aliphatic heterocycles. The van der Waals surface area contributed by atoms with Crippen LogP contribution >= 0.6 is 0 Å². The van der Waals surface area contributed by atoms with E-state index in [0.717, 1.165) is 58.3 Å². The number of hydrogen-bond donors (Lipinski definition) is 1. The van der Waals surface area contributed by atoms with Crippen molar-refractivity contribution >= 4 is 27.5 Å². The van der Waals surface area contributed by atoms with Crippen molar-refractivity contribution in [2.24, 2.45) is 10.8 Å². The third-order valence-electron chi connectivity index (χ3n) is 12.9.